The average molecular weight is 274 g/mol. The Morgan fingerprint density at radius 2 is 2.24 bits per heavy atom. The van der Waals surface area contributed by atoms with Crippen LogP contribution in [0.25, 0.3) is 6.08 Å². The number of amides is 1. The van der Waals surface area contributed by atoms with Gasteiger partial charge in [0.15, 0.2) is 0 Å². The van der Waals surface area contributed by atoms with Gasteiger partial charge >= 0.3 is 0 Å². The van der Waals surface area contributed by atoms with Crippen LogP contribution in [-0.2, 0) is 4.79 Å². The number of nitrogens with one attached hydrogen (secondary N) is 1. The highest BCUT2D eigenvalue weighted by molar-refractivity contribution is 6.42. The van der Waals surface area contributed by atoms with Crippen LogP contribution in [0.5, 0.6) is 0 Å². The molecular formula is C12H13Cl2NO2. The molecule has 1 amide bonds. The molecular weight excluding hydrogens is 261 g/mol. The van der Waals surface area contributed by atoms with Crippen molar-refractivity contribution in [1.29, 1.82) is 0 Å². The van der Waals surface area contributed by atoms with Gasteiger partial charge in [0.25, 0.3) is 0 Å². The second kappa shape index (κ2) is 6.64. The van der Waals surface area contributed by atoms with E-state index in [-0.39, 0.29) is 12.5 Å². The molecule has 0 aliphatic heterocycles. The van der Waals surface area contributed by atoms with Crippen LogP contribution in [-0.4, -0.2) is 23.7 Å². The smallest absolute Gasteiger partial charge is 0.244 e. The number of hydrogen-bond donors (Lipinski definition) is 2. The zero-order chi connectivity index (χ0) is 12.8. The van der Waals surface area contributed by atoms with Crippen LogP contribution in [0, 0.1) is 0 Å². The predicted octanol–water partition coefficient (Wildman–Crippen LogP) is 2.50. The zero-order valence-corrected chi connectivity index (χ0v) is 10.8. The minimum absolute atomic E-state index is 0.215. The highest BCUT2D eigenvalue weighted by Gasteiger charge is 2.02. The van der Waals surface area contributed by atoms with Crippen LogP contribution in [0.2, 0.25) is 10.0 Å². The molecule has 5 heteroatoms. The molecule has 0 saturated heterocycles. The number of aliphatic hydroxyl groups is 1. The Morgan fingerprint density at radius 1 is 1.53 bits per heavy atom. The van der Waals surface area contributed by atoms with E-state index < -0.39 is 6.10 Å². The van der Waals surface area contributed by atoms with Crippen molar-refractivity contribution in [2.75, 3.05) is 6.54 Å². The summed E-state index contributed by atoms with van der Waals surface area (Å²) in [5, 5.41) is 12.4. The minimum Gasteiger partial charge on any atom is -0.392 e. The highest BCUT2D eigenvalue weighted by atomic mass is 35.5. The van der Waals surface area contributed by atoms with E-state index in [2.05, 4.69) is 5.32 Å². The summed E-state index contributed by atoms with van der Waals surface area (Å²) in [5.41, 5.74) is 0.673. The number of carbonyl (C=O) groups excluding carboxylic acids is 1. The van der Waals surface area contributed by atoms with E-state index in [1.807, 2.05) is 0 Å². The molecule has 1 aromatic carbocycles. The maximum Gasteiger partial charge on any atom is 0.244 e. The number of rotatable bonds is 4. The van der Waals surface area contributed by atoms with Gasteiger partial charge in [-0.2, -0.15) is 0 Å². The molecule has 0 saturated carbocycles. The fourth-order valence-electron chi connectivity index (χ4n) is 1.12. The van der Waals surface area contributed by atoms with Gasteiger partial charge in [-0.05, 0) is 24.6 Å². The molecule has 0 aromatic heterocycles. The molecule has 0 fully saturated rings. The Kier molecular flexibility index (Phi) is 5.48. The molecule has 2 N–H and O–H groups in total. The molecule has 3 nitrogen and oxygen atoms in total. The minimum atomic E-state index is -0.567. The lowest BCUT2D eigenvalue weighted by atomic mass is 10.2. The summed E-state index contributed by atoms with van der Waals surface area (Å²) in [4.78, 5) is 11.3. The molecule has 0 aliphatic carbocycles. The first-order chi connectivity index (χ1) is 8.00. The van der Waals surface area contributed by atoms with Crippen LogP contribution >= 0.6 is 23.2 Å². The lowest BCUT2D eigenvalue weighted by Crippen LogP contribution is -2.28. The monoisotopic (exact) mass is 273 g/mol. The highest BCUT2D eigenvalue weighted by Crippen LogP contribution is 2.26. The van der Waals surface area contributed by atoms with E-state index in [9.17, 15) is 4.79 Å². The van der Waals surface area contributed by atoms with Gasteiger partial charge in [0.05, 0.1) is 16.1 Å². The molecule has 0 spiro atoms. The SMILES string of the molecule is C[C@H](O)CNC(=O)/C=C/c1cccc(Cl)c1Cl. The summed E-state index contributed by atoms with van der Waals surface area (Å²) in [6.45, 7) is 1.81. The third kappa shape index (κ3) is 4.77. The first-order valence-corrected chi connectivity index (χ1v) is 5.84. The maximum atomic E-state index is 11.3. The summed E-state index contributed by atoms with van der Waals surface area (Å²) >= 11 is 11.8. The Labute approximate surface area is 110 Å². The van der Waals surface area contributed by atoms with Gasteiger partial charge in [0.2, 0.25) is 5.91 Å². The fraction of sp³-hybridized carbons (Fsp3) is 0.250. The molecule has 0 heterocycles. The summed E-state index contributed by atoms with van der Waals surface area (Å²) in [7, 11) is 0. The fourth-order valence-corrected chi connectivity index (χ4v) is 1.49. The topological polar surface area (TPSA) is 49.3 Å². The summed E-state index contributed by atoms with van der Waals surface area (Å²) in [6, 6.07) is 5.18. The molecule has 1 aromatic rings. The summed E-state index contributed by atoms with van der Waals surface area (Å²) < 4.78 is 0. The second-order valence-corrected chi connectivity index (χ2v) is 4.36. The van der Waals surface area contributed by atoms with Crippen molar-refractivity contribution in [2.45, 2.75) is 13.0 Å². The van der Waals surface area contributed by atoms with Crippen molar-refractivity contribution in [3.63, 3.8) is 0 Å². The molecule has 1 atom stereocenters. The number of carbonyl (C=O) groups is 1. The van der Waals surface area contributed by atoms with E-state index in [1.165, 1.54) is 6.08 Å². The number of aliphatic hydroxyl groups excluding tert-OH is 1. The number of benzene rings is 1. The Morgan fingerprint density at radius 3 is 2.88 bits per heavy atom. The molecule has 0 aliphatic rings. The van der Waals surface area contributed by atoms with Crippen molar-refractivity contribution in [3.05, 3.63) is 39.9 Å². The van der Waals surface area contributed by atoms with Gasteiger partial charge in [-0.1, -0.05) is 35.3 Å². The Balaban J connectivity index is 2.64. The molecule has 0 radical (unpaired) electrons. The Hall–Kier alpha value is -1.03. The van der Waals surface area contributed by atoms with Gasteiger partial charge < -0.3 is 10.4 Å². The lowest BCUT2D eigenvalue weighted by Gasteiger charge is -2.04. The number of halogens is 2. The van der Waals surface area contributed by atoms with E-state index in [0.29, 0.717) is 15.6 Å². The normalized spacial score (nSPS) is 12.7. The van der Waals surface area contributed by atoms with Crippen LogP contribution in [0.1, 0.15) is 12.5 Å². The van der Waals surface area contributed by atoms with Gasteiger partial charge in [0.1, 0.15) is 0 Å². The van der Waals surface area contributed by atoms with Gasteiger partial charge in [-0.15, -0.1) is 0 Å². The van der Waals surface area contributed by atoms with Crippen molar-refractivity contribution in [1.82, 2.24) is 5.32 Å². The van der Waals surface area contributed by atoms with Crippen LogP contribution in [0.4, 0.5) is 0 Å². The third-order valence-electron chi connectivity index (χ3n) is 1.97. The van der Waals surface area contributed by atoms with Crippen molar-refractivity contribution in [3.8, 4) is 0 Å². The van der Waals surface area contributed by atoms with E-state index in [4.69, 9.17) is 28.3 Å². The summed E-state index contributed by atoms with van der Waals surface area (Å²) in [6.07, 6.45) is 2.35. The molecule has 1 rings (SSSR count). The van der Waals surface area contributed by atoms with Crippen molar-refractivity contribution in [2.24, 2.45) is 0 Å². The first kappa shape index (κ1) is 14.0. The second-order valence-electron chi connectivity index (χ2n) is 3.57. The zero-order valence-electron chi connectivity index (χ0n) is 9.28. The molecule has 92 valence electrons. The molecule has 0 unspecified atom stereocenters. The van der Waals surface area contributed by atoms with Gasteiger partial charge in [-0.3, -0.25) is 4.79 Å². The van der Waals surface area contributed by atoms with Gasteiger partial charge in [-0.25, -0.2) is 0 Å². The quantitative estimate of drug-likeness (QED) is 0.829. The number of hydrogen-bond acceptors (Lipinski definition) is 2. The van der Waals surface area contributed by atoms with Crippen molar-refractivity contribution < 1.29 is 9.90 Å². The van der Waals surface area contributed by atoms with E-state index in [1.54, 1.807) is 31.2 Å². The first-order valence-electron chi connectivity index (χ1n) is 5.08. The van der Waals surface area contributed by atoms with Crippen LogP contribution in [0.3, 0.4) is 0 Å². The standard InChI is InChI=1S/C12H13Cl2NO2/c1-8(16)7-15-11(17)6-5-9-3-2-4-10(13)12(9)14/h2-6,8,16H,7H2,1H3,(H,15,17)/b6-5+/t8-/m0/s1. The molecule has 17 heavy (non-hydrogen) atoms. The molecule has 0 bridgehead atoms. The average Bonchev–Trinajstić information content (AvgIpc) is 2.28. The third-order valence-corrected chi connectivity index (χ3v) is 2.80. The summed E-state index contributed by atoms with van der Waals surface area (Å²) in [5.74, 6) is -0.290. The predicted molar refractivity (Wildman–Crippen MR) is 70.2 cm³/mol. The lowest BCUT2D eigenvalue weighted by molar-refractivity contribution is -0.116. The van der Waals surface area contributed by atoms with Crippen LogP contribution in [0.15, 0.2) is 24.3 Å². The van der Waals surface area contributed by atoms with Crippen LogP contribution < -0.4 is 5.32 Å². The van der Waals surface area contributed by atoms with E-state index in [0.717, 1.165) is 0 Å². The Bertz CT molecular complexity index is 431. The maximum absolute atomic E-state index is 11.3. The van der Waals surface area contributed by atoms with Crippen molar-refractivity contribution >= 4 is 35.2 Å². The van der Waals surface area contributed by atoms with Gasteiger partial charge in [0, 0.05) is 12.6 Å². The van der Waals surface area contributed by atoms with E-state index >= 15 is 0 Å². The largest absolute Gasteiger partial charge is 0.392 e.